The molecule has 0 bridgehead atoms. The molecule has 0 aliphatic carbocycles. The number of nitrogens with zero attached hydrogens (tertiary/aromatic N) is 1. The number of fused-ring (bicyclic) bond motifs is 2. The molecule has 0 fully saturated rings. The van der Waals surface area contributed by atoms with E-state index in [0.717, 1.165) is 41.8 Å². The number of H-pyrrole nitrogens is 1. The van der Waals surface area contributed by atoms with E-state index in [1.165, 1.54) is 4.90 Å². The van der Waals surface area contributed by atoms with Gasteiger partial charge in [0.05, 0.1) is 18.2 Å². The van der Waals surface area contributed by atoms with Gasteiger partial charge in [-0.05, 0) is 49.7 Å². The molecule has 2 heterocycles. The number of nitrogens with one attached hydrogen (secondary N) is 2. The lowest BCUT2D eigenvalue weighted by Gasteiger charge is -2.13. The summed E-state index contributed by atoms with van der Waals surface area (Å²) in [5.74, 6) is 1.22. The molecule has 1 aromatic heterocycles. The lowest BCUT2D eigenvalue weighted by atomic mass is 10.1. The molecule has 0 radical (unpaired) electrons. The average Bonchev–Trinajstić information content (AvgIpc) is 3.29. The minimum Gasteiger partial charge on any atom is -0.497 e. The summed E-state index contributed by atoms with van der Waals surface area (Å²) >= 11 is 0. The summed E-state index contributed by atoms with van der Waals surface area (Å²) in [6.45, 7) is 2.50. The first-order valence-electron chi connectivity index (χ1n) is 10.1. The Balaban J connectivity index is 1.14. The third-order valence-electron chi connectivity index (χ3n) is 5.25. The van der Waals surface area contributed by atoms with Crippen LogP contribution in [0.25, 0.3) is 10.9 Å². The van der Waals surface area contributed by atoms with E-state index in [1.54, 1.807) is 31.4 Å². The van der Waals surface area contributed by atoms with Crippen molar-refractivity contribution in [2.75, 3.05) is 33.4 Å². The molecule has 3 aromatic rings. The number of hydrogen-bond acceptors (Lipinski definition) is 5. The molecule has 0 spiro atoms. The van der Waals surface area contributed by atoms with Gasteiger partial charge in [0.15, 0.2) is 0 Å². The highest BCUT2D eigenvalue weighted by molar-refractivity contribution is 6.21. The first-order valence-corrected chi connectivity index (χ1v) is 10.1. The van der Waals surface area contributed by atoms with Gasteiger partial charge >= 0.3 is 0 Å². The number of carbonyl (C=O) groups excluding carboxylic acids is 2. The number of aromatic nitrogens is 1. The molecule has 2 amide bonds. The van der Waals surface area contributed by atoms with Gasteiger partial charge in [-0.2, -0.15) is 0 Å². The number of imide groups is 1. The number of benzene rings is 2. The van der Waals surface area contributed by atoms with Crippen LogP contribution in [0.5, 0.6) is 11.5 Å². The second-order valence-electron chi connectivity index (χ2n) is 7.18. The molecule has 0 saturated carbocycles. The molecular formula is C23H25N3O4. The van der Waals surface area contributed by atoms with Gasteiger partial charge in [-0.25, -0.2) is 0 Å². The van der Waals surface area contributed by atoms with E-state index in [-0.39, 0.29) is 11.8 Å². The number of aromatic amines is 1. The maximum atomic E-state index is 12.3. The van der Waals surface area contributed by atoms with Crippen LogP contribution in [0.1, 0.15) is 33.6 Å². The summed E-state index contributed by atoms with van der Waals surface area (Å²) in [5, 5.41) is 4.33. The number of rotatable bonds is 10. The normalized spacial score (nSPS) is 13.2. The van der Waals surface area contributed by atoms with Gasteiger partial charge in [0.2, 0.25) is 0 Å². The Kier molecular flexibility index (Phi) is 5.99. The van der Waals surface area contributed by atoms with Crippen LogP contribution in [-0.4, -0.2) is 55.0 Å². The van der Waals surface area contributed by atoms with Crippen molar-refractivity contribution in [2.24, 2.45) is 0 Å². The van der Waals surface area contributed by atoms with Crippen LogP contribution >= 0.6 is 0 Å². The topological polar surface area (TPSA) is 83.7 Å². The van der Waals surface area contributed by atoms with E-state index in [1.807, 2.05) is 24.4 Å². The minimum atomic E-state index is -0.188. The average molecular weight is 407 g/mol. The van der Waals surface area contributed by atoms with Crippen LogP contribution in [-0.2, 0) is 0 Å². The van der Waals surface area contributed by atoms with E-state index in [2.05, 4.69) is 10.3 Å². The van der Waals surface area contributed by atoms with Crippen LogP contribution in [0.3, 0.4) is 0 Å². The van der Waals surface area contributed by atoms with Gasteiger partial charge in [0.25, 0.3) is 11.8 Å². The molecule has 0 atom stereocenters. The van der Waals surface area contributed by atoms with Crippen molar-refractivity contribution in [1.29, 1.82) is 0 Å². The van der Waals surface area contributed by atoms with Crippen molar-refractivity contribution in [3.8, 4) is 11.5 Å². The molecule has 2 N–H and O–H groups in total. The first kappa shape index (κ1) is 20.0. The summed E-state index contributed by atoms with van der Waals surface area (Å²) in [4.78, 5) is 29.2. The van der Waals surface area contributed by atoms with Gasteiger partial charge < -0.3 is 19.8 Å². The van der Waals surface area contributed by atoms with Gasteiger partial charge in [-0.1, -0.05) is 12.1 Å². The number of amides is 2. The fraction of sp³-hybridized carbons (Fsp3) is 0.304. The second-order valence-corrected chi connectivity index (χ2v) is 7.18. The number of ether oxygens (including phenoxy) is 2. The second kappa shape index (κ2) is 9.00. The van der Waals surface area contributed by atoms with Crippen molar-refractivity contribution < 1.29 is 19.1 Å². The number of methoxy groups -OCH3 is 1. The van der Waals surface area contributed by atoms with Crippen molar-refractivity contribution >= 4 is 22.7 Å². The molecule has 2 aromatic carbocycles. The molecule has 30 heavy (non-hydrogen) atoms. The zero-order valence-corrected chi connectivity index (χ0v) is 16.9. The van der Waals surface area contributed by atoms with Crippen molar-refractivity contribution in [2.45, 2.75) is 12.8 Å². The number of unbranched alkanes of at least 4 members (excludes halogenated alkanes) is 1. The molecule has 7 nitrogen and oxygen atoms in total. The monoisotopic (exact) mass is 407 g/mol. The zero-order chi connectivity index (χ0) is 20.9. The fourth-order valence-electron chi connectivity index (χ4n) is 3.64. The van der Waals surface area contributed by atoms with Crippen LogP contribution < -0.4 is 14.8 Å². The molecule has 7 heteroatoms. The SMILES string of the molecule is COc1ccc2[nH]cc(OCCNCCCCN3C(=O)c4ccccc4C3=O)c2c1. The Morgan fingerprint density at radius 2 is 1.77 bits per heavy atom. The number of hydrogen-bond donors (Lipinski definition) is 2. The molecule has 0 saturated heterocycles. The maximum Gasteiger partial charge on any atom is 0.261 e. The van der Waals surface area contributed by atoms with E-state index < -0.39 is 0 Å². The predicted octanol–water partition coefficient (Wildman–Crippen LogP) is 3.22. The largest absolute Gasteiger partial charge is 0.497 e. The molecular weight excluding hydrogens is 382 g/mol. The summed E-state index contributed by atoms with van der Waals surface area (Å²) in [7, 11) is 1.65. The van der Waals surface area contributed by atoms with Crippen LogP contribution in [0, 0.1) is 0 Å². The standard InChI is InChI=1S/C23H25N3O4/c1-29-16-8-9-20-19(14-16)21(15-25-20)30-13-11-24-10-4-5-12-26-22(27)17-6-2-3-7-18(17)23(26)28/h2-3,6-9,14-15,24-25H,4-5,10-13H2,1H3. The summed E-state index contributed by atoms with van der Waals surface area (Å²) in [6.07, 6.45) is 3.49. The molecule has 1 aliphatic heterocycles. The highest BCUT2D eigenvalue weighted by Crippen LogP contribution is 2.28. The smallest absolute Gasteiger partial charge is 0.261 e. The predicted molar refractivity (Wildman–Crippen MR) is 114 cm³/mol. The van der Waals surface area contributed by atoms with Gasteiger partial charge in [-0.3, -0.25) is 14.5 Å². The van der Waals surface area contributed by atoms with Crippen LogP contribution in [0.2, 0.25) is 0 Å². The van der Waals surface area contributed by atoms with Crippen LogP contribution in [0.15, 0.2) is 48.7 Å². The lowest BCUT2D eigenvalue weighted by Crippen LogP contribution is -2.31. The quantitative estimate of drug-likeness (QED) is 0.398. The molecule has 1 aliphatic rings. The Hall–Kier alpha value is -3.32. The summed E-state index contributed by atoms with van der Waals surface area (Å²) < 4.78 is 11.1. The fourth-order valence-corrected chi connectivity index (χ4v) is 3.64. The lowest BCUT2D eigenvalue weighted by molar-refractivity contribution is 0.0651. The van der Waals surface area contributed by atoms with Crippen molar-refractivity contribution in [3.63, 3.8) is 0 Å². The minimum absolute atomic E-state index is 0.188. The van der Waals surface area contributed by atoms with Gasteiger partial charge in [-0.15, -0.1) is 0 Å². The van der Waals surface area contributed by atoms with Crippen molar-refractivity contribution in [1.82, 2.24) is 15.2 Å². The summed E-state index contributed by atoms with van der Waals surface area (Å²) in [6, 6.07) is 12.8. The van der Waals surface area contributed by atoms with E-state index in [9.17, 15) is 9.59 Å². The van der Waals surface area contributed by atoms with Gasteiger partial charge in [0.1, 0.15) is 18.1 Å². The first-order chi connectivity index (χ1) is 14.7. The molecule has 0 unspecified atom stereocenters. The highest BCUT2D eigenvalue weighted by Gasteiger charge is 2.34. The zero-order valence-electron chi connectivity index (χ0n) is 16.9. The van der Waals surface area contributed by atoms with E-state index in [0.29, 0.717) is 30.8 Å². The highest BCUT2D eigenvalue weighted by atomic mass is 16.5. The third-order valence-corrected chi connectivity index (χ3v) is 5.25. The molecule has 4 rings (SSSR count). The Morgan fingerprint density at radius 1 is 1.00 bits per heavy atom. The van der Waals surface area contributed by atoms with Gasteiger partial charge in [0, 0.05) is 30.2 Å². The van der Waals surface area contributed by atoms with Crippen molar-refractivity contribution in [3.05, 3.63) is 59.8 Å². The molecule has 156 valence electrons. The Labute approximate surface area is 175 Å². The number of carbonyl (C=O) groups is 2. The van der Waals surface area contributed by atoms with E-state index in [4.69, 9.17) is 9.47 Å². The van der Waals surface area contributed by atoms with E-state index >= 15 is 0 Å². The Morgan fingerprint density at radius 3 is 2.50 bits per heavy atom. The Bertz CT molecular complexity index is 1020. The maximum absolute atomic E-state index is 12.3. The summed E-state index contributed by atoms with van der Waals surface area (Å²) in [5.41, 5.74) is 2.02. The third kappa shape index (κ3) is 4.02. The van der Waals surface area contributed by atoms with Crippen LogP contribution in [0.4, 0.5) is 0 Å².